The first kappa shape index (κ1) is 20.6. The molecule has 0 unspecified atom stereocenters. The van der Waals surface area contributed by atoms with E-state index < -0.39 is 40.5 Å². The van der Waals surface area contributed by atoms with Crippen molar-refractivity contribution in [2.75, 3.05) is 13.6 Å². The topological polar surface area (TPSA) is 166 Å². The lowest BCUT2D eigenvalue weighted by Gasteiger charge is -2.29. The van der Waals surface area contributed by atoms with E-state index >= 15 is 0 Å². The number of carboxylic acid groups (broad SMARTS) is 1. The third-order valence-electron chi connectivity index (χ3n) is 5.33. The predicted octanol–water partition coefficient (Wildman–Crippen LogP) is -0.432. The van der Waals surface area contributed by atoms with Gasteiger partial charge in [0.2, 0.25) is 0 Å². The molecule has 3 N–H and O–H groups in total. The maximum atomic E-state index is 12.4. The molecule has 3 rings (SSSR count). The Morgan fingerprint density at radius 1 is 1.25 bits per heavy atom. The van der Waals surface area contributed by atoms with E-state index in [-0.39, 0.29) is 25.1 Å². The van der Waals surface area contributed by atoms with Gasteiger partial charge < -0.3 is 14.9 Å². The summed E-state index contributed by atoms with van der Waals surface area (Å²) in [5.41, 5.74) is 2.32. The Bertz CT molecular complexity index is 760. The molecule has 1 aliphatic carbocycles. The quantitative estimate of drug-likeness (QED) is 0.380. The van der Waals surface area contributed by atoms with Gasteiger partial charge in [-0.15, -0.1) is 4.28 Å². The molecule has 0 aromatic heterocycles. The van der Waals surface area contributed by atoms with Gasteiger partial charge in [-0.2, -0.15) is 13.5 Å². The molecule has 4 atom stereocenters. The van der Waals surface area contributed by atoms with Crippen LogP contribution >= 0.6 is 0 Å². The summed E-state index contributed by atoms with van der Waals surface area (Å²) in [4.78, 5) is 43.5. The number of urea groups is 1. The first-order valence-electron chi connectivity index (χ1n) is 8.75. The number of carbonyl (C=O) groups is 3. The van der Waals surface area contributed by atoms with Crippen molar-refractivity contribution in [2.24, 2.45) is 0 Å². The number of fused-ring (bicyclic) bond motifs is 2. The van der Waals surface area contributed by atoms with Gasteiger partial charge in [-0.1, -0.05) is 0 Å². The van der Waals surface area contributed by atoms with Gasteiger partial charge in [-0.3, -0.25) is 14.2 Å². The van der Waals surface area contributed by atoms with E-state index in [9.17, 15) is 22.8 Å². The summed E-state index contributed by atoms with van der Waals surface area (Å²) in [5, 5.41) is 9.57. The van der Waals surface area contributed by atoms with Gasteiger partial charge >= 0.3 is 22.5 Å². The monoisotopic (exact) mass is 422 g/mol. The molecular weight excluding hydrogens is 400 g/mol. The zero-order chi connectivity index (χ0) is 20.6. The summed E-state index contributed by atoms with van der Waals surface area (Å²) in [7, 11) is -3.37. The van der Waals surface area contributed by atoms with Crippen molar-refractivity contribution in [3.05, 3.63) is 0 Å². The van der Waals surface area contributed by atoms with Gasteiger partial charge in [-0.05, 0) is 32.1 Å². The van der Waals surface area contributed by atoms with Gasteiger partial charge in [0.25, 0.3) is 5.91 Å². The Labute approximate surface area is 161 Å². The van der Waals surface area contributed by atoms with Crippen LogP contribution in [0.5, 0.6) is 0 Å². The number of hydrogen-bond acceptors (Lipinski definition) is 7. The summed E-state index contributed by atoms with van der Waals surface area (Å²) in [6.45, 7) is 0.0847. The zero-order valence-corrected chi connectivity index (χ0v) is 15.9. The molecule has 2 bridgehead atoms. The first-order chi connectivity index (χ1) is 13.1. The van der Waals surface area contributed by atoms with Crippen LogP contribution in [-0.2, 0) is 24.3 Å². The minimum absolute atomic E-state index is 0.0847. The fourth-order valence-corrected chi connectivity index (χ4v) is 4.23. The molecule has 1 saturated carbocycles. The molecule has 2 heterocycles. The van der Waals surface area contributed by atoms with E-state index in [0.29, 0.717) is 30.7 Å². The molecule has 0 aromatic carbocycles. The molecule has 13 nitrogen and oxygen atoms in total. The number of piperidine rings is 1. The molecular formula is C14H22N4O9S. The van der Waals surface area contributed by atoms with Crippen LogP contribution in [0.15, 0.2) is 0 Å². The van der Waals surface area contributed by atoms with Gasteiger partial charge in [0, 0.05) is 19.6 Å². The second-order valence-electron chi connectivity index (χ2n) is 7.08. The summed E-state index contributed by atoms with van der Waals surface area (Å²) in [5.74, 6) is -0.560. The molecule has 14 heteroatoms. The minimum Gasteiger partial charge on any atom is -0.465 e. The number of rotatable bonds is 6. The van der Waals surface area contributed by atoms with Crippen molar-refractivity contribution >= 4 is 28.4 Å². The highest BCUT2D eigenvalue weighted by atomic mass is 32.3. The third kappa shape index (κ3) is 4.29. The maximum Gasteiger partial charge on any atom is 0.418 e. The van der Waals surface area contributed by atoms with Gasteiger partial charge in [0.05, 0.1) is 12.1 Å². The highest BCUT2D eigenvalue weighted by Crippen LogP contribution is 2.31. The summed E-state index contributed by atoms with van der Waals surface area (Å²) in [6.07, 6.45) is 0.830. The van der Waals surface area contributed by atoms with Gasteiger partial charge in [-0.25, -0.2) is 15.1 Å². The van der Waals surface area contributed by atoms with E-state index in [0.717, 1.165) is 4.90 Å². The standard InChI is InChI=1S/C14H22N4O9S/c1-16(14(21)22)8-2-4-10(6-8)26-15-12(19)11-5-3-9-7-17(11)13(20)18(9)27-28(23,24)25/h8-11H,2-7H2,1H3,(H,15,19)(H,21,22)(H,23,24,25)/t8-,9+,10-,11-/m0/s1. The SMILES string of the molecule is CN(C(=O)O)[C@H]1CC[C@H](ONC(=O)[C@@H]2CC[C@@H]3CN2C(=O)N3OS(=O)(=O)O)C1. The highest BCUT2D eigenvalue weighted by molar-refractivity contribution is 7.80. The molecule has 4 amide bonds. The first-order valence-corrected chi connectivity index (χ1v) is 10.1. The van der Waals surface area contributed by atoms with E-state index in [2.05, 4.69) is 9.76 Å². The number of hydrogen-bond donors (Lipinski definition) is 3. The van der Waals surface area contributed by atoms with Crippen molar-refractivity contribution in [3.8, 4) is 0 Å². The fraction of sp³-hybridized carbons (Fsp3) is 0.786. The normalized spacial score (nSPS) is 29.9. The molecule has 0 aromatic rings. The van der Waals surface area contributed by atoms with Crippen LogP contribution < -0.4 is 5.48 Å². The summed E-state index contributed by atoms with van der Waals surface area (Å²) < 4.78 is 34.9. The van der Waals surface area contributed by atoms with Crippen LogP contribution in [0, 0.1) is 0 Å². The van der Waals surface area contributed by atoms with E-state index in [1.165, 1.54) is 11.9 Å². The number of hydroxylamine groups is 3. The number of amides is 4. The fourth-order valence-electron chi connectivity index (χ4n) is 3.85. The smallest absolute Gasteiger partial charge is 0.418 e. The van der Waals surface area contributed by atoms with E-state index in [1.54, 1.807) is 0 Å². The molecule has 0 radical (unpaired) electrons. The predicted molar refractivity (Wildman–Crippen MR) is 89.8 cm³/mol. The average Bonchev–Trinajstić information content (AvgIpc) is 3.18. The number of carbonyl (C=O) groups excluding carboxylic acids is 2. The van der Waals surface area contributed by atoms with Crippen LogP contribution in [0.1, 0.15) is 32.1 Å². The number of nitrogens with zero attached hydrogens (tertiary/aromatic N) is 3. The molecule has 3 fully saturated rings. The molecule has 158 valence electrons. The zero-order valence-electron chi connectivity index (χ0n) is 15.1. The summed E-state index contributed by atoms with van der Waals surface area (Å²) >= 11 is 0. The Kier molecular flexibility index (Phi) is 5.65. The Morgan fingerprint density at radius 3 is 2.61 bits per heavy atom. The number of nitrogens with one attached hydrogen (secondary N) is 1. The van der Waals surface area contributed by atoms with E-state index in [4.69, 9.17) is 14.5 Å². The third-order valence-corrected chi connectivity index (χ3v) is 5.68. The van der Waals surface area contributed by atoms with Crippen LogP contribution in [0.25, 0.3) is 0 Å². The van der Waals surface area contributed by atoms with Crippen LogP contribution in [0.4, 0.5) is 9.59 Å². The minimum atomic E-state index is -4.85. The summed E-state index contributed by atoms with van der Waals surface area (Å²) in [6, 6.07) is -2.47. The van der Waals surface area contributed by atoms with Crippen molar-refractivity contribution in [1.82, 2.24) is 20.3 Å². The van der Waals surface area contributed by atoms with Crippen LogP contribution in [-0.4, -0.2) is 88.8 Å². The lowest BCUT2D eigenvalue weighted by Crippen LogP contribution is -2.50. The van der Waals surface area contributed by atoms with Gasteiger partial charge in [0.15, 0.2) is 0 Å². The largest absolute Gasteiger partial charge is 0.465 e. The van der Waals surface area contributed by atoms with Crippen molar-refractivity contribution < 1.29 is 41.6 Å². The molecule has 0 spiro atoms. The van der Waals surface area contributed by atoms with Crippen molar-refractivity contribution in [1.29, 1.82) is 0 Å². The molecule has 2 aliphatic heterocycles. The molecule has 2 saturated heterocycles. The van der Waals surface area contributed by atoms with E-state index in [1.807, 2.05) is 0 Å². The Morgan fingerprint density at radius 2 is 1.96 bits per heavy atom. The Hall–Kier alpha value is -2.16. The van der Waals surface area contributed by atoms with Crippen LogP contribution in [0.2, 0.25) is 0 Å². The average molecular weight is 422 g/mol. The highest BCUT2D eigenvalue weighted by Gasteiger charge is 2.49. The second-order valence-corrected chi connectivity index (χ2v) is 8.08. The van der Waals surface area contributed by atoms with Gasteiger partial charge in [0.1, 0.15) is 6.04 Å². The lowest BCUT2D eigenvalue weighted by atomic mass is 10.0. The molecule has 28 heavy (non-hydrogen) atoms. The molecule has 3 aliphatic rings. The second kappa shape index (κ2) is 7.69. The van der Waals surface area contributed by atoms with Crippen molar-refractivity contribution in [3.63, 3.8) is 0 Å². The Balaban J connectivity index is 1.52. The maximum absolute atomic E-state index is 12.4. The van der Waals surface area contributed by atoms with Crippen molar-refractivity contribution in [2.45, 2.75) is 56.3 Å². The lowest BCUT2D eigenvalue weighted by molar-refractivity contribution is -0.143. The van der Waals surface area contributed by atoms with Crippen LogP contribution in [0.3, 0.4) is 0 Å².